The van der Waals surface area contributed by atoms with Crippen molar-refractivity contribution in [1.29, 1.82) is 0 Å². The van der Waals surface area contributed by atoms with Crippen LogP contribution in [0.2, 0.25) is 0 Å². The van der Waals surface area contributed by atoms with Crippen molar-refractivity contribution in [3.05, 3.63) is 36.0 Å². The van der Waals surface area contributed by atoms with Crippen molar-refractivity contribution in [3.8, 4) is 0 Å². The van der Waals surface area contributed by atoms with Gasteiger partial charge in [-0.2, -0.15) is 10.2 Å². The summed E-state index contributed by atoms with van der Waals surface area (Å²) in [6, 6.07) is 7.48. The van der Waals surface area contributed by atoms with Crippen molar-refractivity contribution in [2.45, 2.75) is 6.92 Å². The minimum absolute atomic E-state index is 0.0195. The van der Waals surface area contributed by atoms with Gasteiger partial charge in [-0.25, -0.2) is 0 Å². The van der Waals surface area contributed by atoms with Gasteiger partial charge in [-0.1, -0.05) is 18.2 Å². The third-order valence-corrected chi connectivity index (χ3v) is 1.93. The molecule has 0 amide bonds. The largest absolute Gasteiger partial charge is 0.294 e. The maximum Gasteiger partial charge on any atom is 0.162 e. The van der Waals surface area contributed by atoms with Crippen LogP contribution in [0.4, 0.5) is 0 Å². The summed E-state index contributed by atoms with van der Waals surface area (Å²) in [5.41, 5.74) is 1.39. The van der Waals surface area contributed by atoms with Crippen LogP contribution in [0, 0.1) is 0 Å². The van der Waals surface area contributed by atoms with Crippen molar-refractivity contribution < 1.29 is 4.79 Å². The number of hydrogen-bond acceptors (Lipinski definition) is 3. The van der Waals surface area contributed by atoms with Gasteiger partial charge in [0.15, 0.2) is 5.78 Å². The molecule has 3 heteroatoms. The second kappa shape index (κ2) is 2.94. The number of aromatic nitrogens is 2. The first-order valence-corrected chi connectivity index (χ1v) is 4.00. The molecule has 0 bridgehead atoms. The van der Waals surface area contributed by atoms with E-state index < -0.39 is 0 Å². The first kappa shape index (κ1) is 7.86. The molecule has 13 heavy (non-hydrogen) atoms. The smallest absolute Gasteiger partial charge is 0.162 e. The molecule has 2 aromatic rings. The van der Waals surface area contributed by atoms with Crippen LogP contribution in [0.5, 0.6) is 0 Å². The first-order valence-electron chi connectivity index (χ1n) is 4.00. The topological polar surface area (TPSA) is 42.9 Å². The van der Waals surface area contributed by atoms with E-state index in [0.717, 1.165) is 10.9 Å². The van der Waals surface area contributed by atoms with Gasteiger partial charge in [0.25, 0.3) is 0 Å². The molecule has 0 aliphatic rings. The molecule has 2 rings (SSSR count). The minimum atomic E-state index is 0.0195. The summed E-state index contributed by atoms with van der Waals surface area (Å²) in [7, 11) is 0. The Bertz CT molecular complexity index is 460. The van der Waals surface area contributed by atoms with Gasteiger partial charge in [0.2, 0.25) is 0 Å². The van der Waals surface area contributed by atoms with Crippen LogP contribution < -0.4 is 0 Å². The summed E-state index contributed by atoms with van der Waals surface area (Å²) in [5.74, 6) is 0.0195. The highest BCUT2D eigenvalue weighted by molar-refractivity contribution is 6.05. The number of carbonyl (C=O) groups excluding carboxylic acids is 1. The number of benzene rings is 1. The third kappa shape index (κ3) is 1.28. The highest BCUT2D eigenvalue weighted by Gasteiger charge is 2.05. The monoisotopic (exact) mass is 172 g/mol. The molecule has 64 valence electrons. The van der Waals surface area contributed by atoms with Gasteiger partial charge in [-0.05, 0) is 13.0 Å². The molecule has 1 heterocycles. The Morgan fingerprint density at radius 1 is 1.31 bits per heavy atom. The number of hydrogen-bond donors (Lipinski definition) is 0. The Morgan fingerprint density at radius 3 is 2.85 bits per heavy atom. The lowest BCUT2D eigenvalue weighted by molar-refractivity contribution is 0.101. The first-order chi connectivity index (χ1) is 6.29. The molecular weight excluding hydrogens is 164 g/mol. The summed E-state index contributed by atoms with van der Waals surface area (Å²) < 4.78 is 0. The van der Waals surface area contributed by atoms with Crippen molar-refractivity contribution in [1.82, 2.24) is 10.2 Å². The van der Waals surface area contributed by atoms with Gasteiger partial charge in [-0.15, -0.1) is 0 Å². The summed E-state index contributed by atoms with van der Waals surface area (Å²) in [6.45, 7) is 1.53. The predicted octanol–water partition coefficient (Wildman–Crippen LogP) is 1.83. The van der Waals surface area contributed by atoms with Crippen LogP contribution in [-0.4, -0.2) is 16.0 Å². The number of rotatable bonds is 1. The van der Waals surface area contributed by atoms with Crippen LogP contribution in [0.25, 0.3) is 10.9 Å². The van der Waals surface area contributed by atoms with Crippen LogP contribution in [0.1, 0.15) is 17.3 Å². The average Bonchev–Trinajstić information content (AvgIpc) is 2.17. The Kier molecular flexibility index (Phi) is 1.77. The molecular formula is C10H8N2O. The van der Waals surface area contributed by atoms with Gasteiger partial charge < -0.3 is 0 Å². The van der Waals surface area contributed by atoms with E-state index in [2.05, 4.69) is 10.2 Å². The highest BCUT2D eigenvalue weighted by atomic mass is 16.1. The Hall–Kier alpha value is -1.77. The number of nitrogens with zero attached hydrogens (tertiary/aromatic N) is 2. The Balaban J connectivity index is 2.83. The zero-order valence-corrected chi connectivity index (χ0v) is 7.19. The minimum Gasteiger partial charge on any atom is -0.294 e. The summed E-state index contributed by atoms with van der Waals surface area (Å²) in [4.78, 5) is 11.2. The van der Waals surface area contributed by atoms with Crippen molar-refractivity contribution in [2.24, 2.45) is 0 Å². The summed E-state index contributed by atoms with van der Waals surface area (Å²) >= 11 is 0. The van der Waals surface area contributed by atoms with Gasteiger partial charge in [0, 0.05) is 10.9 Å². The van der Waals surface area contributed by atoms with Crippen molar-refractivity contribution in [2.75, 3.05) is 0 Å². The number of fused-ring (bicyclic) bond motifs is 1. The SMILES string of the molecule is CC(=O)c1cnnc2ccccc12. The van der Waals surface area contributed by atoms with Crippen LogP contribution in [-0.2, 0) is 0 Å². The van der Waals surface area contributed by atoms with Gasteiger partial charge in [-0.3, -0.25) is 4.79 Å². The molecule has 3 nitrogen and oxygen atoms in total. The van der Waals surface area contributed by atoms with Crippen molar-refractivity contribution in [3.63, 3.8) is 0 Å². The fraction of sp³-hybridized carbons (Fsp3) is 0.100. The van der Waals surface area contributed by atoms with E-state index >= 15 is 0 Å². The molecule has 0 fully saturated rings. The van der Waals surface area contributed by atoms with E-state index in [1.54, 1.807) is 0 Å². The Morgan fingerprint density at radius 2 is 2.08 bits per heavy atom. The average molecular weight is 172 g/mol. The van der Waals surface area contributed by atoms with E-state index in [1.165, 1.54) is 13.1 Å². The molecule has 1 aromatic carbocycles. The van der Waals surface area contributed by atoms with Gasteiger partial charge in [0.05, 0.1) is 11.7 Å². The number of carbonyl (C=O) groups is 1. The molecule has 0 saturated carbocycles. The van der Waals surface area contributed by atoms with E-state index in [0.29, 0.717) is 5.56 Å². The van der Waals surface area contributed by atoms with E-state index in [-0.39, 0.29) is 5.78 Å². The molecule has 0 spiro atoms. The molecule has 0 saturated heterocycles. The third-order valence-electron chi connectivity index (χ3n) is 1.93. The summed E-state index contributed by atoms with van der Waals surface area (Å²) in [6.07, 6.45) is 1.50. The molecule has 0 aliphatic carbocycles. The van der Waals surface area contributed by atoms with E-state index in [9.17, 15) is 4.79 Å². The van der Waals surface area contributed by atoms with Gasteiger partial charge in [0.1, 0.15) is 0 Å². The second-order valence-electron chi connectivity index (χ2n) is 2.83. The van der Waals surface area contributed by atoms with Crippen LogP contribution >= 0.6 is 0 Å². The highest BCUT2D eigenvalue weighted by Crippen LogP contribution is 2.14. The quantitative estimate of drug-likeness (QED) is 0.616. The molecule has 0 radical (unpaired) electrons. The van der Waals surface area contributed by atoms with Crippen LogP contribution in [0.3, 0.4) is 0 Å². The number of ketones is 1. The molecule has 1 aromatic heterocycles. The predicted molar refractivity (Wildman–Crippen MR) is 49.5 cm³/mol. The molecule has 0 aliphatic heterocycles. The molecule has 0 atom stereocenters. The Labute approximate surface area is 75.4 Å². The standard InChI is InChI=1S/C10H8N2O/c1-7(13)9-6-11-12-10-5-3-2-4-8(9)10/h2-6H,1H3. The lowest BCUT2D eigenvalue weighted by Gasteiger charge is -1.99. The number of Topliss-reactive ketones (excluding diaryl/α,β-unsaturated/α-hetero) is 1. The zero-order chi connectivity index (χ0) is 9.26. The summed E-state index contributed by atoms with van der Waals surface area (Å²) in [5, 5.41) is 8.55. The second-order valence-corrected chi connectivity index (χ2v) is 2.83. The van der Waals surface area contributed by atoms with E-state index in [4.69, 9.17) is 0 Å². The van der Waals surface area contributed by atoms with Crippen LogP contribution in [0.15, 0.2) is 30.5 Å². The molecule has 0 N–H and O–H groups in total. The fourth-order valence-electron chi connectivity index (χ4n) is 1.29. The van der Waals surface area contributed by atoms with E-state index in [1.807, 2.05) is 24.3 Å². The molecule has 0 unspecified atom stereocenters. The lowest BCUT2D eigenvalue weighted by atomic mass is 10.1. The normalized spacial score (nSPS) is 10.2. The zero-order valence-electron chi connectivity index (χ0n) is 7.19. The fourth-order valence-corrected chi connectivity index (χ4v) is 1.29. The maximum absolute atomic E-state index is 11.2. The maximum atomic E-state index is 11.2. The lowest BCUT2D eigenvalue weighted by Crippen LogP contribution is -1.96. The van der Waals surface area contributed by atoms with Gasteiger partial charge >= 0.3 is 0 Å². The van der Waals surface area contributed by atoms with Crippen molar-refractivity contribution >= 4 is 16.7 Å².